The van der Waals surface area contributed by atoms with E-state index in [9.17, 15) is 19.5 Å². The molecule has 5 unspecified atom stereocenters. The van der Waals surface area contributed by atoms with E-state index in [2.05, 4.69) is 44.8 Å². The first-order valence-electron chi connectivity index (χ1n) is 24.8. The van der Waals surface area contributed by atoms with E-state index in [1.807, 2.05) is 81.7 Å². The standard InChI is InChI=1S/C53H64ClN9O9S2/c1-29(2)46(44-23-30(3)61-72-44)52(67)62-27-39(64)25-42(62)51(66)57-32(5)40-14-11-37(49-33(6)56-28-73-49)24-43(40)71-22-21-70-20-19-69-18-17-68-16-15-55-45(65)26-41-50-60-59-35(8)63(50)53-47(31(4)34(7)74-53)48(58-41)36-9-12-38(54)13-10-36/h9-14,23-24,28-29,32,39,41-42,46,64H,15-22,25-27H2,1-8H3,(H,55,65)(H,57,66). The molecule has 6 heterocycles. The van der Waals surface area contributed by atoms with Gasteiger partial charge in [-0.25, -0.2) is 4.98 Å². The Balaban J connectivity index is 0.770. The van der Waals surface area contributed by atoms with Crippen molar-refractivity contribution in [2.45, 2.75) is 98.4 Å². The summed E-state index contributed by atoms with van der Waals surface area (Å²) < 4.78 is 31.1. The zero-order valence-electron chi connectivity index (χ0n) is 43.0. The molecule has 1 saturated heterocycles. The highest BCUT2D eigenvalue weighted by Gasteiger charge is 2.43. The maximum absolute atomic E-state index is 14.0. The largest absolute Gasteiger partial charge is 0.491 e. The molecule has 3 amide bonds. The van der Waals surface area contributed by atoms with Crippen molar-refractivity contribution in [3.8, 4) is 21.2 Å². The third-order valence-electron chi connectivity index (χ3n) is 13.1. The van der Waals surface area contributed by atoms with Crippen molar-refractivity contribution in [2.75, 3.05) is 59.3 Å². The molecule has 0 radical (unpaired) electrons. The SMILES string of the molecule is Cc1cc(C(C(=O)N2CC(O)CC2C(=O)NC(C)c2ccc(-c3scnc3C)cc2OCCOCCOCCOCCNC(=O)CC2N=C(c3ccc(Cl)cc3)c3c(sc(C)c3C)-n3c(C)nnc32)C(C)C)on1. The summed E-state index contributed by atoms with van der Waals surface area (Å²) in [5, 5.41) is 31.2. The number of nitrogens with zero attached hydrogens (tertiary/aromatic N) is 7. The Morgan fingerprint density at radius 3 is 2.28 bits per heavy atom. The Kier molecular flexibility index (Phi) is 18.1. The molecule has 2 aliphatic heterocycles. The van der Waals surface area contributed by atoms with Crippen LogP contribution in [-0.4, -0.2) is 130 Å². The van der Waals surface area contributed by atoms with E-state index in [0.717, 1.165) is 54.9 Å². The number of aliphatic imine (C=N–C) groups is 1. The fraction of sp³-hybridized carbons (Fsp3) is 0.472. The number of fused-ring (bicyclic) bond motifs is 3. The highest BCUT2D eigenvalue weighted by atomic mass is 35.5. The van der Waals surface area contributed by atoms with E-state index in [-0.39, 0.29) is 56.2 Å². The van der Waals surface area contributed by atoms with Crippen LogP contribution in [0.3, 0.4) is 0 Å². The molecule has 5 atom stereocenters. The quantitative estimate of drug-likeness (QED) is 0.0524. The van der Waals surface area contributed by atoms with Gasteiger partial charge in [0.25, 0.3) is 0 Å². The summed E-state index contributed by atoms with van der Waals surface area (Å²) in [7, 11) is 0. The molecule has 2 aliphatic rings. The number of hydrogen-bond acceptors (Lipinski definition) is 16. The van der Waals surface area contributed by atoms with E-state index in [1.165, 1.54) is 21.1 Å². The highest BCUT2D eigenvalue weighted by molar-refractivity contribution is 7.15. The maximum atomic E-state index is 14.0. The van der Waals surface area contributed by atoms with Gasteiger partial charge in [0.15, 0.2) is 5.82 Å². The van der Waals surface area contributed by atoms with Gasteiger partial charge in [0.1, 0.15) is 46.9 Å². The lowest BCUT2D eigenvalue weighted by atomic mass is 9.91. The predicted molar refractivity (Wildman–Crippen MR) is 283 cm³/mol. The topological polar surface area (TPSA) is 218 Å². The highest BCUT2D eigenvalue weighted by Crippen LogP contribution is 2.40. The molecule has 1 fully saturated rings. The van der Waals surface area contributed by atoms with Crippen LogP contribution in [0.2, 0.25) is 5.02 Å². The number of amides is 3. The van der Waals surface area contributed by atoms with E-state index < -0.39 is 30.1 Å². The van der Waals surface area contributed by atoms with Gasteiger partial charge in [-0.2, -0.15) is 0 Å². The third-order valence-corrected chi connectivity index (χ3v) is 15.6. The molecule has 0 aliphatic carbocycles. The molecule has 6 aromatic rings. The van der Waals surface area contributed by atoms with E-state index >= 15 is 0 Å². The first-order chi connectivity index (χ1) is 35.6. The number of thiazole rings is 1. The Morgan fingerprint density at radius 2 is 1.61 bits per heavy atom. The molecule has 3 N–H and O–H groups in total. The van der Waals surface area contributed by atoms with Gasteiger partial charge in [0.2, 0.25) is 17.7 Å². The summed E-state index contributed by atoms with van der Waals surface area (Å²) in [5.74, 6) is 0.704. The first-order valence-corrected chi connectivity index (χ1v) is 26.9. The van der Waals surface area contributed by atoms with E-state index in [1.54, 1.807) is 29.8 Å². The maximum Gasteiger partial charge on any atom is 0.243 e. The second-order valence-electron chi connectivity index (χ2n) is 18.9. The molecule has 74 heavy (non-hydrogen) atoms. The summed E-state index contributed by atoms with van der Waals surface area (Å²) in [6.45, 7) is 18.0. The molecule has 0 bridgehead atoms. The van der Waals surface area contributed by atoms with Crippen LogP contribution in [-0.2, 0) is 28.6 Å². The number of aromatic nitrogens is 5. The lowest BCUT2D eigenvalue weighted by Gasteiger charge is -2.29. The van der Waals surface area contributed by atoms with Crippen LogP contribution in [0.5, 0.6) is 5.75 Å². The lowest BCUT2D eigenvalue weighted by Crippen LogP contribution is -2.48. The molecular weight excluding hydrogens is 1010 g/mol. The van der Waals surface area contributed by atoms with Crippen molar-refractivity contribution < 1.29 is 43.0 Å². The second-order valence-corrected chi connectivity index (χ2v) is 21.4. The molecule has 18 nitrogen and oxygen atoms in total. The van der Waals surface area contributed by atoms with E-state index in [4.69, 9.17) is 40.1 Å². The van der Waals surface area contributed by atoms with Crippen LogP contribution in [0.1, 0.15) is 108 Å². The summed E-state index contributed by atoms with van der Waals surface area (Å²) in [6, 6.07) is 13.2. The average Bonchev–Trinajstić information content (AvgIpc) is 4.21. The van der Waals surface area contributed by atoms with Gasteiger partial charge < -0.3 is 44.1 Å². The average molecular weight is 1070 g/mol. The van der Waals surface area contributed by atoms with Gasteiger partial charge in [-0.3, -0.25) is 23.9 Å². The van der Waals surface area contributed by atoms with Crippen LogP contribution < -0.4 is 15.4 Å². The minimum Gasteiger partial charge on any atom is -0.491 e. The number of likely N-dealkylation sites (tertiary alicyclic amines) is 1. The summed E-state index contributed by atoms with van der Waals surface area (Å²) in [6.07, 6.45) is -0.658. The summed E-state index contributed by atoms with van der Waals surface area (Å²) in [4.78, 5) is 54.5. The third kappa shape index (κ3) is 12.6. The Bertz CT molecular complexity index is 2950. The lowest BCUT2D eigenvalue weighted by molar-refractivity contribution is -0.141. The number of aliphatic hydroxyl groups excluding tert-OH is 1. The van der Waals surface area contributed by atoms with Gasteiger partial charge >= 0.3 is 0 Å². The van der Waals surface area contributed by atoms with Gasteiger partial charge in [-0.1, -0.05) is 54.9 Å². The number of hydrogen-bond donors (Lipinski definition) is 3. The van der Waals surface area contributed by atoms with Crippen molar-refractivity contribution in [3.63, 3.8) is 0 Å². The molecule has 21 heteroatoms. The number of halogens is 1. The number of benzene rings is 2. The number of thiophene rings is 1. The van der Waals surface area contributed by atoms with Crippen molar-refractivity contribution in [1.82, 2.24) is 40.4 Å². The number of ether oxygens (including phenoxy) is 4. The molecule has 2 aromatic carbocycles. The van der Waals surface area contributed by atoms with Crippen molar-refractivity contribution in [3.05, 3.63) is 115 Å². The second kappa shape index (κ2) is 24.7. The van der Waals surface area contributed by atoms with Gasteiger partial charge in [-0.15, -0.1) is 32.9 Å². The Hall–Kier alpha value is -5.87. The number of nitrogens with one attached hydrogen (secondary N) is 2. The zero-order valence-corrected chi connectivity index (χ0v) is 45.4. The Labute approximate surface area is 443 Å². The number of carbonyl (C=O) groups is 3. The number of aliphatic hydroxyl groups is 1. The smallest absolute Gasteiger partial charge is 0.243 e. The predicted octanol–water partition coefficient (Wildman–Crippen LogP) is 7.74. The Morgan fingerprint density at radius 1 is 0.905 bits per heavy atom. The van der Waals surface area contributed by atoms with Gasteiger partial charge in [-0.05, 0) is 76.8 Å². The number of β-amino-alcohol motifs (C(OH)–C–C–N with tert-alkyl or cyclic N) is 1. The minimum atomic E-state index is -0.876. The van der Waals surface area contributed by atoms with Crippen LogP contribution in [0.4, 0.5) is 0 Å². The molecule has 394 valence electrons. The monoisotopic (exact) mass is 1070 g/mol. The summed E-state index contributed by atoms with van der Waals surface area (Å²) >= 11 is 9.44. The fourth-order valence-electron chi connectivity index (χ4n) is 9.27. The summed E-state index contributed by atoms with van der Waals surface area (Å²) in [5.41, 5.74) is 8.84. The number of rotatable bonds is 23. The van der Waals surface area contributed by atoms with Gasteiger partial charge in [0.05, 0.1) is 85.7 Å². The van der Waals surface area contributed by atoms with Crippen LogP contribution in [0.25, 0.3) is 15.4 Å². The number of aryl methyl sites for hydroxylation is 4. The zero-order chi connectivity index (χ0) is 52.6. The first kappa shape index (κ1) is 54.4. The van der Waals surface area contributed by atoms with Crippen LogP contribution >= 0.6 is 34.3 Å². The molecule has 8 rings (SSSR count). The fourth-order valence-corrected chi connectivity index (χ4v) is 11.4. The van der Waals surface area contributed by atoms with Gasteiger partial charge in [0, 0.05) is 52.2 Å². The molecular formula is C53H64ClN9O9S2. The van der Waals surface area contributed by atoms with Crippen LogP contribution in [0, 0.1) is 40.5 Å². The number of carbonyl (C=O) groups excluding carboxylic acids is 3. The van der Waals surface area contributed by atoms with Crippen molar-refractivity contribution >= 4 is 57.7 Å². The minimum absolute atomic E-state index is 0.0376. The molecule has 0 saturated carbocycles. The van der Waals surface area contributed by atoms with E-state index in [0.29, 0.717) is 67.6 Å². The van der Waals surface area contributed by atoms with Crippen molar-refractivity contribution in [2.24, 2.45) is 10.9 Å². The van der Waals surface area contributed by atoms with Crippen LogP contribution in [0.15, 0.2) is 63.6 Å². The normalized spacial score (nSPS) is 17.1. The van der Waals surface area contributed by atoms with Crippen molar-refractivity contribution in [1.29, 1.82) is 0 Å². The molecule has 0 spiro atoms. The molecule has 4 aromatic heterocycles.